The van der Waals surface area contributed by atoms with Gasteiger partial charge in [0, 0.05) is 13.2 Å². The van der Waals surface area contributed by atoms with Gasteiger partial charge in [-0.1, -0.05) is 29.3 Å². The highest BCUT2D eigenvalue weighted by Crippen LogP contribution is 2.33. The number of hydrogen-bond acceptors (Lipinski definition) is 3. The second-order valence-electron chi connectivity index (χ2n) is 4.58. The van der Waals surface area contributed by atoms with Crippen LogP contribution in [0, 0.1) is 0 Å². The first-order valence-electron chi connectivity index (χ1n) is 6.36. The molecule has 0 saturated carbocycles. The first kappa shape index (κ1) is 14.6. The molecule has 0 aliphatic rings. The molecule has 22 heavy (non-hydrogen) atoms. The highest BCUT2D eigenvalue weighted by Gasteiger charge is 2.14. The van der Waals surface area contributed by atoms with Gasteiger partial charge in [0.2, 0.25) is 0 Å². The minimum absolute atomic E-state index is 0.179. The summed E-state index contributed by atoms with van der Waals surface area (Å²) in [6.07, 6.45) is 1.87. The number of H-pyrrole nitrogens is 2. The quantitative estimate of drug-likeness (QED) is 0.682. The van der Waals surface area contributed by atoms with Gasteiger partial charge < -0.3 is 4.57 Å². The largest absolute Gasteiger partial charge is 0.349 e. The van der Waals surface area contributed by atoms with E-state index in [4.69, 9.17) is 23.2 Å². The summed E-state index contributed by atoms with van der Waals surface area (Å²) in [6.45, 7) is 0. The molecule has 0 spiro atoms. The van der Waals surface area contributed by atoms with Crippen LogP contribution in [-0.2, 0) is 7.05 Å². The van der Waals surface area contributed by atoms with Gasteiger partial charge in [0.25, 0.3) is 5.56 Å². The lowest BCUT2D eigenvalue weighted by atomic mass is 10.3. The van der Waals surface area contributed by atoms with E-state index in [1.54, 1.807) is 18.2 Å². The van der Waals surface area contributed by atoms with Crippen LogP contribution in [0.15, 0.2) is 51.6 Å². The SMILES string of the molecule is Cn1cccc1-c1[nH][nH]c(=O)c1N=Nc1cccc(Cl)c1Cl. The summed E-state index contributed by atoms with van der Waals surface area (Å²) < 4.78 is 1.87. The third kappa shape index (κ3) is 2.58. The Labute approximate surface area is 135 Å². The molecule has 2 N–H and O–H groups in total. The van der Waals surface area contributed by atoms with Crippen molar-refractivity contribution in [2.75, 3.05) is 0 Å². The molecular weight excluding hydrogens is 325 g/mol. The van der Waals surface area contributed by atoms with Crippen LogP contribution in [0.4, 0.5) is 11.4 Å². The minimum atomic E-state index is -0.363. The lowest BCUT2D eigenvalue weighted by Gasteiger charge is -2.01. The molecule has 3 rings (SSSR count). The Bertz CT molecular complexity index is 906. The molecule has 112 valence electrons. The van der Waals surface area contributed by atoms with Gasteiger partial charge in [-0.2, -0.15) is 0 Å². The van der Waals surface area contributed by atoms with E-state index in [9.17, 15) is 4.79 Å². The number of halogens is 2. The zero-order valence-corrected chi connectivity index (χ0v) is 13.0. The summed E-state index contributed by atoms with van der Waals surface area (Å²) in [6, 6.07) is 8.77. The molecule has 0 fully saturated rings. The van der Waals surface area contributed by atoms with Gasteiger partial charge in [0.05, 0.1) is 15.7 Å². The lowest BCUT2D eigenvalue weighted by molar-refractivity contribution is 0.925. The van der Waals surface area contributed by atoms with Gasteiger partial charge in [0.1, 0.15) is 11.4 Å². The standard InChI is InChI=1S/C14H11Cl2N5O/c1-21-7-3-6-10(21)12-13(14(22)20-18-12)19-17-9-5-2-4-8(15)11(9)16/h2-7H,1H3,(H2,18,20,22). The topological polar surface area (TPSA) is 78.3 Å². The van der Waals surface area contributed by atoms with Crippen molar-refractivity contribution in [1.29, 1.82) is 0 Å². The summed E-state index contributed by atoms with van der Waals surface area (Å²) in [4.78, 5) is 11.9. The zero-order valence-electron chi connectivity index (χ0n) is 11.5. The Kier molecular flexibility index (Phi) is 3.87. The van der Waals surface area contributed by atoms with Crippen LogP contribution in [0.25, 0.3) is 11.4 Å². The highest BCUT2D eigenvalue weighted by molar-refractivity contribution is 6.43. The third-order valence-electron chi connectivity index (χ3n) is 3.14. The van der Waals surface area contributed by atoms with E-state index in [1.165, 1.54) is 0 Å². The van der Waals surface area contributed by atoms with Crippen LogP contribution in [0.5, 0.6) is 0 Å². The molecule has 0 atom stereocenters. The molecule has 2 heterocycles. The van der Waals surface area contributed by atoms with Gasteiger partial charge in [-0.15, -0.1) is 10.2 Å². The van der Waals surface area contributed by atoms with E-state index in [0.717, 1.165) is 5.69 Å². The number of aromatic amines is 2. The predicted molar refractivity (Wildman–Crippen MR) is 86.5 cm³/mol. The van der Waals surface area contributed by atoms with Crippen molar-refractivity contribution in [2.24, 2.45) is 17.3 Å². The molecular formula is C14H11Cl2N5O. The van der Waals surface area contributed by atoms with Gasteiger partial charge in [0.15, 0.2) is 5.69 Å². The number of aromatic nitrogens is 3. The number of rotatable bonds is 3. The van der Waals surface area contributed by atoms with E-state index in [-0.39, 0.29) is 11.2 Å². The Morgan fingerprint density at radius 1 is 1.09 bits per heavy atom. The second kappa shape index (κ2) is 5.82. The molecule has 0 amide bonds. The second-order valence-corrected chi connectivity index (χ2v) is 5.37. The fraction of sp³-hybridized carbons (Fsp3) is 0.0714. The van der Waals surface area contributed by atoms with Gasteiger partial charge in [-0.3, -0.25) is 15.0 Å². The maximum atomic E-state index is 11.9. The molecule has 0 radical (unpaired) electrons. The van der Waals surface area contributed by atoms with E-state index in [0.29, 0.717) is 21.4 Å². The lowest BCUT2D eigenvalue weighted by Crippen LogP contribution is -1.96. The molecule has 0 aliphatic heterocycles. The highest BCUT2D eigenvalue weighted by atomic mass is 35.5. The molecule has 1 aromatic carbocycles. The van der Waals surface area contributed by atoms with Gasteiger partial charge in [-0.05, 0) is 24.3 Å². The molecule has 2 aromatic heterocycles. The van der Waals surface area contributed by atoms with Crippen LogP contribution in [0.3, 0.4) is 0 Å². The first-order valence-corrected chi connectivity index (χ1v) is 7.11. The summed E-state index contributed by atoms with van der Waals surface area (Å²) in [5.74, 6) is 0. The Hall–Kier alpha value is -2.31. The number of benzene rings is 1. The number of nitrogens with zero attached hydrogens (tertiary/aromatic N) is 3. The van der Waals surface area contributed by atoms with Crippen molar-refractivity contribution in [2.45, 2.75) is 0 Å². The average molecular weight is 336 g/mol. The first-order chi connectivity index (χ1) is 10.6. The molecule has 0 saturated heterocycles. The summed E-state index contributed by atoms with van der Waals surface area (Å²) >= 11 is 12.0. The summed E-state index contributed by atoms with van der Waals surface area (Å²) in [7, 11) is 1.87. The fourth-order valence-corrected chi connectivity index (χ4v) is 2.36. The van der Waals surface area contributed by atoms with Crippen molar-refractivity contribution in [1.82, 2.24) is 14.8 Å². The van der Waals surface area contributed by atoms with E-state index in [1.807, 2.05) is 29.9 Å². The fourth-order valence-electron chi connectivity index (χ4n) is 2.03. The molecule has 0 bridgehead atoms. The average Bonchev–Trinajstić information content (AvgIpc) is 3.07. The van der Waals surface area contributed by atoms with Crippen LogP contribution >= 0.6 is 23.2 Å². The van der Waals surface area contributed by atoms with Gasteiger partial charge >= 0.3 is 0 Å². The molecule has 0 aliphatic carbocycles. The van der Waals surface area contributed by atoms with E-state index in [2.05, 4.69) is 20.4 Å². The zero-order chi connectivity index (χ0) is 15.7. The number of aryl methyl sites for hydroxylation is 1. The summed E-state index contributed by atoms with van der Waals surface area (Å²) in [5.41, 5.74) is 1.58. The van der Waals surface area contributed by atoms with E-state index < -0.39 is 0 Å². The summed E-state index contributed by atoms with van der Waals surface area (Å²) in [5, 5.41) is 14.0. The third-order valence-corrected chi connectivity index (χ3v) is 3.95. The van der Waals surface area contributed by atoms with Crippen molar-refractivity contribution in [3.63, 3.8) is 0 Å². The predicted octanol–water partition coefficient (Wildman–Crippen LogP) is 4.43. The molecule has 0 unspecified atom stereocenters. The number of hydrogen-bond donors (Lipinski definition) is 2. The minimum Gasteiger partial charge on any atom is -0.349 e. The van der Waals surface area contributed by atoms with Crippen molar-refractivity contribution < 1.29 is 0 Å². The Morgan fingerprint density at radius 2 is 1.91 bits per heavy atom. The maximum absolute atomic E-state index is 11.9. The molecule has 3 aromatic rings. The Balaban J connectivity index is 2.05. The van der Waals surface area contributed by atoms with Crippen LogP contribution < -0.4 is 5.56 Å². The number of azo groups is 1. The van der Waals surface area contributed by atoms with Crippen LogP contribution in [-0.4, -0.2) is 14.8 Å². The molecule has 6 nitrogen and oxygen atoms in total. The normalized spacial score (nSPS) is 11.4. The van der Waals surface area contributed by atoms with E-state index >= 15 is 0 Å². The molecule has 8 heteroatoms. The number of nitrogens with one attached hydrogen (secondary N) is 2. The van der Waals surface area contributed by atoms with Crippen LogP contribution in [0.2, 0.25) is 10.0 Å². The van der Waals surface area contributed by atoms with Crippen molar-refractivity contribution in [3.05, 3.63) is 56.9 Å². The Morgan fingerprint density at radius 3 is 2.64 bits per heavy atom. The smallest absolute Gasteiger partial charge is 0.292 e. The van der Waals surface area contributed by atoms with Crippen molar-refractivity contribution in [3.8, 4) is 11.4 Å². The van der Waals surface area contributed by atoms with Gasteiger partial charge in [-0.25, -0.2) is 0 Å². The van der Waals surface area contributed by atoms with Crippen molar-refractivity contribution >= 4 is 34.6 Å². The van der Waals surface area contributed by atoms with Crippen LogP contribution in [0.1, 0.15) is 0 Å². The maximum Gasteiger partial charge on any atom is 0.292 e. The monoisotopic (exact) mass is 335 g/mol.